The van der Waals surface area contributed by atoms with E-state index in [9.17, 15) is 13.2 Å². The van der Waals surface area contributed by atoms with Crippen LogP contribution in [0.25, 0.3) is 0 Å². The van der Waals surface area contributed by atoms with Crippen LogP contribution in [0.5, 0.6) is 0 Å². The van der Waals surface area contributed by atoms with E-state index in [1.54, 1.807) is 6.92 Å². The van der Waals surface area contributed by atoms with Gasteiger partial charge in [0.2, 0.25) is 0 Å². The monoisotopic (exact) mass is 206 g/mol. The minimum atomic E-state index is -4.53. The Labute approximate surface area is 79.5 Å². The summed E-state index contributed by atoms with van der Waals surface area (Å²) in [6.45, 7) is 2.08. The van der Waals surface area contributed by atoms with E-state index in [4.69, 9.17) is 0 Å². The number of hydrogen-bond acceptors (Lipinski definition) is 2. The summed E-state index contributed by atoms with van der Waals surface area (Å²) < 4.78 is 42.3. The summed E-state index contributed by atoms with van der Waals surface area (Å²) in [5.74, 6) is 0. The minimum absolute atomic E-state index is 0.0949. The average Bonchev–Trinajstić information content (AvgIpc) is 2.51. The van der Waals surface area contributed by atoms with Crippen molar-refractivity contribution in [3.05, 3.63) is 25.3 Å². The van der Waals surface area contributed by atoms with E-state index in [0.717, 1.165) is 6.20 Å². The Morgan fingerprint density at radius 3 is 2.71 bits per heavy atom. The minimum Gasteiger partial charge on any atom is -0.354 e. The molecule has 0 amide bonds. The fourth-order valence-electron chi connectivity index (χ4n) is 1.13. The summed E-state index contributed by atoms with van der Waals surface area (Å²) in [7, 11) is 4.61. The Kier molecular flexibility index (Phi) is 3.15. The molecule has 0 saturated carbocycles. The van der Waals surface area contributed by atoms with Crippen molar-refractivity contribution in [2.75, 3.05) is 0 Å². The van der Waals surface area contributed by atoms with E-state index in [0.29, 0.717) is 6.54 Å². The molecule has 0 spiro atoms. The van der Waals surface area contributed by atoms with Crippen LogP contribution in [0, 0.1) is 7.11 Å². The number of alkyl halides is 3. The number of ether oxygens (including phenoxy) is 1. The van der Waals surface area contributed by atoms with Crippen molar-refractivity contribution in [2.24, 2.45) is 0 Å². The standard InChI is InChI=1S/C8H9F3N2O/c1-3-13-5-12-4-6(13)7(14-2)8(9,10)11/h2,4-5,7H,3H2,1H3. The van der Waals surface area contributed by atoms with Crippen molar-refractivity contribution in [1.82, 2.24) is 9.55 Å². The number of aromatic nitrogens is 2. The van der Waals surface area contributed by atoms with Crippen LogP contribution in [-0.2, 0) is 11.3 Å². The van der Waals surface area contributed by atoms with Gasteiger partial charge in [0.05, 0.1) is 18.2 Å². The van der Waals surface area contributed by atoms with Crippen LogP contribution in [0.2, 0.25) is 0 Å². The molecule has 0 aliphatic carbocycles. The zero-order valence-corrected chi connectivity index (χ0v) is 7.45. The molecule has 1 rings (SSSR count). The zero-order chi connectivity index (χ0) is 10.8. The van der Waals surface area contributed by atoms with Crippen LogP contribution in [0.3, 0.4) is 0 Å². The molecule has 0 N–H and O–H groups in total. The van der Waals surface area contributed by atoms with Crippen molar-refractivity contribution in [3.8, 4) is 0 Å². The van der Waals surface area contributed by atoms with Crippen LogP contribution < -0.4 is 0 Å². The molecule has 1 heterocycles. The highest BCUT2D eigenvalue weighted by Crippen LogP contribution is 2.35. The van der Waals surface area contributed by atoms with E-state index in [1.165, 1.54) is 10.9 Å². The summed E-state index contributed by atoms with van der Waals surface area (Å²) in [5, 5.41) is 0. The first-order chi connectivity index (χ1) is 6.50. The largest absolute Gasteiger partial charge is 0.420 e. The van der Waals surface area contributed by atoms with Crippen LogP contribution >= 0.6 is 0 Å². The SMILES string of the molecule is [CH]OC(c1cncn1CC)C(F)(F)F. The van der Waals surface area contributed by atoms with E-state index in [2.05, 4.69) is 16.8 Å². The van der Waals surface area contributed by atoms with Gasteiger partial charge in [0.25, 0.3) is 0 Å². The number of nitrogens with zero attached hydrogens (tertiary/aromatic N) is 2. The van der Waals surface area contributed by atoms with Gasteiger partial charge in [-0.05, 0) is 6.92 Å². The number of rotatable bonds is 3. The molecule has 6 heteroatoms. The van der Waals surface area contributed by atoms with Gasteiger partial charge >= 0.3 is 6.18 Å². The molecule has 0 bridgehead atoms. The Bertz CT molecular complexity index is 295. The Morgan fingerprint density at radius 2 is 2.29 bits per heavy atom. The van der Waals surface area contributed by atoms with Crippen LogP contribution in [0.1, 0.15) is 18.7 Å². The van der Waals surface area contributed by atoms with Gasteiger partial charge in [0.15, 0.2) is 6.10 Å². The maximum absolute atomic E-state index is 12.4. The van der Waals surface area contributed by atoms with E-state index >= 15 is 0 Å². The predicted molar refractivity (Wildman–Crippen MR) is 42.1 cm³/mol. The third-order valence-electron chi connectivity index (χ3n) is 1.79. The van der Waals surface area contributed by atoms with Crippen LogP contribution in [-0.4, -0.2) is 15.7 Å². The molecule has 1 unspecified atom stereocenters. The summed E-state index contributed by atoms with van der Waals surface area (Å²) in [5.41, 5.74) is -0.0949. The number of halogens is 3. The zero-order valence-electron chi connectivity index (χ0n) is 7.45. The maximum atomic E-state index is 12.4. The van der Waals surface area contributed by atoms with Crippen LogP contribution in [0.15, 0.2) is 12.5 Å². The first kappa shape index (κ1) is 11.0. The lowest BCUT2D eigenvalue weighted by Gasteiger charge is -2.19. The molecule has 1 atom stereocenters. The molecular weight excluding hydrogens is 197 g/mol. The Balaban J connectivity index is 3.01. The molecule has 3 nitrogen and oxygen atoms in total. The van der Waals surface area contributed by atoms with Gasteiger partial charge in [-0.15, -0.1) is 0 Å². The number of aryl methyl sites for hydroxylation is 1. The Morgan fingerprint density at radius 1 is 1.64 bits per heavy atom. The molecule has 0 saturated heterocycles. The molecule has 78 valence electrons. The van der Waals surface area contributed by atoms with Gasteiger partial charge < -0.3 is 9.30 Å². The second-order valence-corrected chi connectivity index (χ2v) is 2.66. The smallest absolute Gasteiger partial charge is 0.354 e. The van der Waals surface area contributed by atoms with Gasteiger partial charge in [-0.25, -0.2) is 4.98 Å². The van der Waals surface area contributed by atoms with Crippen molar-refractivity contribution in [1.29, 1.82) is 0 Å². The summed E-state index contributed by atoms with van der Waals surface area (Å²) >= 11 is 0. The molecular formula is C8H9F3N2O. The molecule has 14 heavy (non-hydrogen) atoms. The second kappa shape index (κ2) is 4.00. The highest BCUT2D eigenvalue weighted by molar-refractivity contribution is 5.05. The number of hydrogen-bond donors (Lipinski definition) is 0. The van der Waals surface area contributed by atoms with Crippen molar-refractivity contribution in [3.63, 3.8) is 0 Å². The van der Waals surface area contributed by atoms with Crippen LogP contribution in [0.4, 0.5) is 13.2 Å². The molecule has 1 aromatic heterocycles. The summed E-state index contributed by atoms with van der Waals surface area (Å²) in [6.07, 6.45) is -4.26. The second-order valence-electron chi connectivity index (χ2n) is 2.66. The third-order valence-corrected chi connectivity index (χ3v) is 1.79. The first-order valence-electron chi connectivity index (χ1n) is 3.93. The molecule has 0 aliphatic heterocycles. The fourth-order valence-corrected chi connectivity index (χ4v) is 1.13. The molecule has 0 aromatic carbocycles. The van der Waals surface area contributed by atoms with Gasteiger partial charge in [-0.1, -0.05) is 0 Å². The average molecular weight is 206 g/mol. The quantitative estimate of drug-likeness (QED) is 0.757. The lowest BCUT2D eigenvalue weighted by Crippen LogP contribution is -2.24. The lowest BCUT2D eigenvalue weighted by atomic mass is 10.2. The van der Waals surface area contributed by atoms with E-state index in [1.807, 2.05) is 0 Å². The lowest BCUT2D eigenvalue weighted by molar-refractivity contribution is -0.211. The first-order valence-corrected chi connectivity index (χ1v) is 3.93. The van der Waals surface area contributed by atoms with Crippen molar-refractivity contribution < 1.29 is 17.9 Å². The van der Waals surface area contributed by atoms with Crippen molar-refractivity contribution >= 4 is 0 Å². The highest BCUT2D eigenvalue weighted by atomic mass is 19.4. The highest BCUT2D eigenvalue weighted by Gasteiger charge is 2.43. The Hall–Kier alpha value is -1.04. The predicted octanol–water partition coefficient (Wildman–Crippen LogP) is 2.19. The van der Waals surface area contributed by atoms with E-state index in [-0.39, 0.29) is 5.69 Å². The number of imidazole rings is 1. The summed E-state index contributed by atoms with van der Waals surface area (Å²) in [4.78, 5) is 3.60. The van der Waals surface area contributed by atoms with Crippen molar-refractivity contribution in [2.45, 2.75) is 25.7 Å². The summed E-state index contributed by atoms with van der Waals surface area (Å²) in [6, 6.07) is 0. The van der Waals surface area contributed by atoms with Gasteiger partial charge in [-0.2, -0.15) is 13.2 Å². The fraction of sp³-hybridized carbons (Fsp3) is 0.500. The maximum Gasteiger partial charge on any atom is 0.420 e. The molecule has 0 aliphatic rings. The molecule has 1 aromatic rings. The molecule has 0 fully saturated rings. The van der Waals surface area contributed by atoms with E-state index < -0.39 is 12.3 Å². The molecule has 2 radical (unpaired) electrons. The third kappa shape index (κ3) is 2.06. The van der Waals surface area contributed by atoms with Gasteiger partial charge in [0.1, 0.15) is 7.11 Å². The van der Waals surface area contributed by atoms with Gasteiger partial charge in [-0.3, -0.25) is 0 Å². The van der Waals surface area contributed by atoms with Gasteiger partial charge in [0, 0.05) is 6.54 Å². The topological polar surface area (TPSA) is 27.1 Å². The normalized spacial score (nSPS) is 14.4.